The van der Waals surface area contributed by atoms with Gasteiger partial charge in [-0.1, -0.05) is 144 Å². The Hall–Kier alpha value is -6.54. The SMILES string of the molecule is Cc1ccc(-c2cccc(C)c2)cc1.Cc1ccc(-c2cccc(C)c2C(=O)O)cc1.Cc1ccc([N+]#N)cc1.Cc1ccccc1C(=O)O.F[B-](F)(F)F. The van der Waals surface area contributed by atoms with E-state index in [1.54, 1.807) is 37.3 Å². The summed E-state index contributed by atoms with van der Waals surface area (Å²) in [6, 6.07) is 44.9. The summed E-state index contributed by atoms with van der Waals surface area (Å²) in [5.74, 6) is -1.74. The molecule has 2 N–H and O–H groups in total. The zero-order chi connectivity index (χ0) is 41.1. The van der Waals surface area contributed by atoms with Crippen molar-refractivity contribution in [2.75, 3.05) is 0 Å². The van der Waals surface area contributed by atoms with Crippen LogP contribution in [0.1, 0.15) is 54.1 Å². The van der Waals surface area contributed by atoms with Gasteiger partial charge in [0, 0.05) is 12.1 Å². The van der Waals surface area contributed by atoms with E-state index in [1.807, 2.05) is 81.4 Å². The predicted molar refractivity (Wildman–Crippen MR) is 214 cm³/mol. The number of carbonyl (C=O) groups is 2. The van der Waals surface area contributed by atoms with Crippen LogP contribution in [0.15, 0.2) is 140 Å². The van der Waals surface area contributed by atoms with Crippen molar-refractivity contribution in [3.63, 3.8) is 0 Å². The van der Waals surface area contributed by atoms with Gasteiger partial charge in [-0.15, -0.1) is 0 Å². The maximum Gasteiger partial charge on any atom is 0.673 e. The minimum Gasteiger partial charge on any atom is -0.478 e. The number of carboxylic acids is 2. The fraction of sp³-hybridized carbons (Fsp3) is 0.136. The van der Waals surface area contributed by atoms with E-state index in [2.05, 4.69) is 67.4 Å². The van der Waals surface area contributed by atoms with Crippen LogP contribution in [0.25, 0.3) is 27.2 Å². The highest BCUT2D eigenvalue weighted by Crippen LogP contribution is 2.26. The fourth-order valence-corrected chi connectivity index (χ4v) is 4.92. The first-order valence-electron chi connectivity index (χ1n) is 17.0. The summed E-state index contributed by atoms with van der Waals surface area (Å²) in [5.41, 5.74) is 12.2. The number of nitrogens with zero attached hydrogens (tertiary/aromatic N) is 2. The molecule has 0 aromatic heterocycles. The first-order valence-corrected chi connectivity index (χ1v) is 17.0. The second-order valence-corrected chi connectivity index (χ2v) is 12.5. The Balaban J connectivity index is 0.000000250. The highest BCUT2D eigenvalue weighted by Gasteiger charge is 2.20. The maximum absolute atomic E-state index is 11.3. The summed E-state index contributed by atoms with van der Waals surface area (Å²) >= 11 is 0. The Morgan fingerprint density at radius 2 is 0.964 bits per heavy atom. The van der Waals surface area contributed by atoms with E-state index in [0.717, 1.165) is 22.3 Å². The molecule has 11 heteroatoms. The predicted octanol–water partition coefficient (Wildman–Crippen LogP) is 13.1. The van der Waals surface area contributed by atoms with Crippen molar-refractivity contribution in [2.24, 2.45) is 0 Å². The Labute approximate surface area is 319 Å². The van der Waals surface area contributed by atoms with Crippen LogP contribution < -0.4 is 0 Å². The lowest BCUT2D eigenvalue weighted by molar-refractivity contribution is 0.0685. The van der Waals surface area contributed by atoms with Crippen LogP contribution in [0.4, 0.5) is 23.0 Å². The highest BCUT2D eigenvalue weighted by molar-refractivity contribution is 6.50. The Morgan fingerprint density at radius 3 is 1.40 bits per heavy atom. The lowest BCUT2D eigenvalue weighted by atomic mass is 9.95. The standard InChI is InChI=1S/C15H14O2.C14H14.C8H8O2.C7H7N2.BF4/c1-10-6-8-12(9-7-10)13-5-3-4-11(2)14(13)15(16)17;1-11-6-8-13(9-7-11)14-5-3-4-12(2)10-14;1-6-4-2-3-5-7(6)8(9)10;1-6-2-4-7(9-8)5-3-6;2-1(3,4)5/h3-9H,1-2H3,(H,16,17);3-10H,1-2H3;2-5H,1H3,(H,9,10);2-5H,1H3;/q;;;+1;-1. The van der Waals surface area contributed by atoms with Crippen molar-refractivity contribution in [2.45, 2.75) is 41.5 Å². The third-order valence-electron chi connectivity index (χ3n) is 7.78. The van der Waals surface area contributed by atoms with Crippen LogP contribution in [-0.2, 0) is 0 Å². The zero-order valence-corrected chi connectivity index (χ0v) is 31.5. The molecule has 0 aliphatic heterocycles. The van der Waals surface area contributed by atoms with E-state index >= 15 is 0 Å². The van der Waals surface area contributed by atoms with Gasteiger partial charge in [-0.05, 0) is 81.0 Å². The lowest BCUT2D eigenvalue weighted by Gasteiger charge is -2.09. The number of hydrogen-bond donors (Lipinski definition) is 2. The Bertz CT molecular complexity index is 2180. The highest BCUT2D eigenvalue weighted by atomic mass is 19.5. The summed E-state index contributed by atoms with van der Waals surface area (Å²) in [6.45, 7) is 11.8. The van der Waals surface area contributed by atoms with Crippen LogP contribution >= 0.6 is 0 Å². The summed E-state index contributed by atoms with van der Waals surface area (Å²) in [7, 11) is -6.00. The molecule has 0 fully saturated rings. The molecule has 0 heterocycles. The van der Waals surface area contributed by atoms with Crippen molar-refractivity contribution in [1.29, 1.82) is 5.39 Å². The van der Waals surface area contributed by atoms with Crippen LogP contribution in [0, 0.1) is 46.9 Å². The zero-order valence-electron chi connectivity index (χ0n) is 31.5. The molecule has 0 aliphatic rings. The second kappa shape index (κ2) is 21.9. The van der Waals surface area contributed by atoms with E-state index in [0.29, 0.717) is 16.8 Å². The monoisotopic (exact) mass is 750 g/mol. The number of carboxylic acid groups (broad SMARTS) is 2. The third-order valence-corrected chi connectivity index (χ3v) is 7.78. The van der Waals surface area contributed by atoms with Gasteiger partial charge < -0.3 is 27.5 Å². The molecule has 0 unspecified atom stereocenters. The van der Waals surface area contributed by atoms with Crippen molar-refractivity contribution in [1.82, 2.24) is 0 Å². The molecule has 0 saturated carbocycles. The molecule has 0 aliphatic carbocycles. The number of diazo groups is 1. The van der Waals surface area contributed by atoms with Crippen molar-refractivity contribution in [3.8, 4) is 22.3 Å². The number of aryl methyl sites for hydroxylation is 6. The van der Waals surface area contributed by atoms with Crippen LogP contribution in [0.5, 0.6) is 0 Å². The van der Waals surface area contributed by atoms with Gasteiger partial charge >= 0.3 is 24.9 Å². The molecule has 0 spiro atoms. The minimum absolute atomic E-state index is 0.377. The Kier molecular flexibility index (Phi) is 17.7. The molecule has 55 heavy (non-hydrogen) atoms. The number of hydrogen-bond acceptors (Lipinski definition) is 3. The average molecular weight is 751 g/mol. The maximum atomic E-state index is 11.3. The Morgan fingerprint density at radius 1 is 0.509 bits per heavy atom. The van der Waals surface area contributed by atoms with E-state index < -0.39 is 19.2 Å². The summed E-state index contributed by atoms with van der Waals surface area (Å²) in [6.07, 6.45) is 0. The van der Waals surface area contributed by atoms with Gasteiger partial charge in [0.1, 0.15) is 0 Å². The van der Waals surface area contributed by atoms with E-state index in [9.17, 15) is 32.0 Å². The molecule has 0 saturated heterocycles. The van der Waals surface area contributed by atoms with Crippen LogP contribution in [-0.4, -0.2) is 29.4 Å². The quantitative estimate of drug-likeness (QED) is 0.106. The minimum atomic E-state index is -6.00. The summed E-state index contributed by atoms with van der Waals surface area (Å²) < 4.78 is 39.0. The number of aromatic carboxylic acids is 2. The molecule has 6 nitrogen and oxygen atoms in total. The van der Waals surface area contributed by atoms with Crippen molar-refractivity contribution < 1.29 is 37.1 Å². The molecule has 0 bridgehead atoms. The molecule has 6 aromatic rings. The first kappa shape index (κ1) is 44.6. The molecular formula is C44H43BF4N2O4. The van der Waals surface area contributed by atoms with E-state index in [1.165, 1.54) is 33.4 Å². The first-order chi connectivity index (χ1) is 25.9. The lowest BCUT2D eigenvalue weighted by Crippen LogP contribution is -2.02. The molecule has 0 amide bonds. The van der Waals surface area contributed by atoms with Gasteiger partial charge in [0.25, 0.3) is 0 Å². The molecule has 6 aromatic carbocycles. The van der Waals surface area contributed by atoms with Crippen LogP contribution in [0.3, 0.4) is 0 Å². The average Bonchev–Trinajstić information content (AvgIpc) is 3.12. The van der Waals surface area contributed by atoms with Gasteiger partial charge in [-0.25, -0.2) is 9.59 Å². The smallest absolute Gasteiger partial charge is 0.478 e. The molecular weight excluding hydrogens is 707 g/mol. The fourth-order valence-electron chi connectivity index (χ4n) is 4.92. The molecule has 0 atom stereocenters. The second-order valence-electron chi connectivity index (χ2n) is 12.5. The van der Waals surface area contributed by atoms with Crippen LogP contribution in [0.2, 0.25) is 0 Å². The van der Waals surface area contributed by atoms with Crippen molar-refractivity contribution >= 4 is 24.9 Å². The largest absolute Gasteiger partial charge is 0.673 e. The topological polar surface area (TPSA) is 103 Å². The number of rotatable bonds is 4. The van der Waals surface area contributed by atoms with Gasteiger partial charge in [-0.2, -0.15) is 0 Å². The number of benzene rings is 6. The van der Waals surface area contributed by atoms with Gasteiger partial charge in [0.15, 0.2) is 4.98 Å². The number of halogens is 4. The molecule has 0 radical (unpaired) electrons. The van der Waals surface area contributed by atoms with Gasteiger partial charge in [0.05, 0.1) is 11.1 Å². The summed E-state index contributed by atoms with van der Waals surface area (Å²) in [5, 5.41) is 26.1. The normalized spacial score (nSPS) is 9.91. The molecule has 284 valence electrons. The van der Waals surface area contributed by atoms with E-state index in [4.69, 9.17) is 10.5 Å². The van der Waals surface area contributed by atoms with Gasteiger partial charge in [-0.3, -0.25) is 0 Å². The van der Waals surface area contributed by atoms with E-state index in [-0.39, 0.29) is 0 Å². The summed E-state index contributed by atoms with van der Waals surface area (Å²) in [4.78, 5) is 24.7. The van der Waals surface area contributed by atoms with Gasteiger partial charge in [0.2, 0.25) is 5.39 Å². The van der Waals surface area contributed by atoms with Crippen molar-refractivity contribution in [3.05, 3.63) is 189 Å². The third kappa shape index (κ3) is 16.8. The molecule has 6 rings (SSSR count).